The van der Waals surface area contributed by atoms with Crippen LogP contribution in [0.2, 0.25) is 0 Å². The van der Waals surface area contributed by atoms with Gasteiger partial charge in [0.2, 0.25) is 0 Å². The molecule has 1 heterocycles. The molecule has 0 saturated heterocycles. The lowest BCUT2D eigenvalue weighted by atomic mass is 10.1. The Kier molecular flexibility index (Phi) is 1.95. The van der Waals surface area contributed by atoms with Gasteiger partial charge < -0.3 is 10.1 Å². The topological polar surface area (TPSA) is 53.1 Å². The summed E-state index contributed by atoms with van der Waals surface area (Å²) in [4.78, 5) is 14.3. The first-order valence-electron chi connectivity index (χ1n) is 5.41. The highest BCUT2D eigenvalue weighted by atomic mass is 16.4. The molecule has 3 aromatic rings. The number of aryl methyl sites for hydroxylation is 1. The standard InChI is InChI=1S/C14H11NO2/c1-8-5-6-12-11(7-8)9-3-2-4-10(14(16)17)13(9)15-12/h2-7,15H,1H3,(H,16,17). The van der Waals surface area contributed by atoms with E-state index in [4.69, 9.17) is 5.11 Å². The van der Waals surface area contributed by atoms with Gasteiger partial charge in [-0.1, -0.05) is 23.8 Å². The number of hydrogen-bond acceptors (Lipinski definition) is 1. The molecule has 84 valence electrons. The molecule has 0 aliphatic carbocycles. The van der Waals surface area contributed by atoms with Crippen LogP contribution in [0.1, 0.15) is 15.9 Å². The third-order valence-electron chi connectivity index (χ3n) is 3.02. The lowest BCUT2D eigenvalue weighted by Crippen LogP contribution is -1.96. The van der Waals surface area contributed by atoms with Crippen LogP contribution in [0.15, 0.2) is 36.4 Å². The van der Waals surface area contributed by atoms with E-state index >= 15 is 0 Å². The lowest BCUT2D eigenvalue weighted by molar-refractivity contribution is 0.0699. The second-order valence-corrected chi connectivity index (χ2v) is 4.21. The Labute approximate surface area is 97.7 Å². The van der Waals surface area contributed by atoms with Gasteiger partial charge in [-0.15, -0.1) is 0 Å². The van der Waals surface area contributed by atoms with Crippen LogP contribution in [-0.2, 0) is 0 Å². The fourth-order valence-corrected chi connectivity index (χ4v) is 2.21. The molecule has 3 heteroatoms. The highest BCUT2D eigenvalue weighted by Crippen LogP contribution is 2.28. The van der Waals surface area contributed by atoms with Crippen molar-refractivity contribution < 1.29 is 9.90 Å². The number of carboxylic acid groups (broad SMARTS) is 1. The van der Waals surface area contributed by atoms with E-state index < -0.39 is 5.97 Å². The number of benzene rings is 2. The Bertz CT molecular complexity index is 740. The minimum atomic E-state index is -0.904. The summed E-state index contributed by atoms with van der Waals surface area (Å²) in [6.45, 7) is 2.03. The van der Waals surface area contributed by atoms with Crippen molar-refractivity contribution in [2.24, 2.45) is 0 Å². The minimum absolute atomic E-state index is 0.316. The maximum Gasteiger partial charge on any atom is 0.337 e. The first kappa shape index (κ1) is 9.90. The van der Waals surface area contributed by atoms with Gasteiger partial charge in [-0.25, -0.2) is 4.79 Å². The second-order valence-electron chi connectivity index (χ2n) is 4.21. The molecule has 0 unspecified atom stereocenters. The number of aromatic amines is 1. The summed E-state index contributed by atoms with van der Waals surface area (Å²) in [6, 6.07) is 11.4. The highest BCUT2D eigenvalue weighted by Gasteiger charge is 2.12. The number of rotatable bonds is 1. The Morgan fingerprint density at radius 2 is 2.00 bits per heavy atom. The molecule has 2 aromatic carbocycles. The predicted octanol–water partition coefficient (Wildman–Crippen LogP) is 3.33. The number of hydrogen-bond donors (Lipinski definition) is 2. The van der Waals surface area contributed by atoms with Crippen LogP contribution in [0.3, 0.4) is 0 Å². The normalized spacial score (nSPS) is 11.1. The van der Waals surface area contributed by atoms with Crippen LogP contribution in [0.25, 0.3) is 21.8 Å². The van der Waals surface area contributed by atoms with Crippen molar-refractivity contribution >= 4 is 27.8 Å². The zero-order valence-corrected chi connectivity index (χ0v) is 9.32. The van der Waals surface area contributed by atoms with Gasteiger partial charge in [0, 0.05) is 16.3 Å². The van der Waals surface area contributed by atoms with Gasteiger partial charge in [-0.2, -0.15) is 0 Å². The number of para-hydroxylation sites is 1. The number of aromatic nitrogens is 1. The second kappa shape index (κ2) is 3.35. The summed E-state index contributed by atoms with van der Waals surface area (Å²) in [5, 5.41) is 11.2. The Balaban J connectivity index is 2.51. The first-order valence-corrected chi connectivity index (χ1v) is 5.41. The maximum atomic E-state index is 11.1. The molecule has 17 heavy (non-hydrogen) atoms. The Morgan fingerprint density at radius 1 is 1.18 bits per heavy atom. The van der Waals surface area contributed by atoms with Crippen molar-refractivity contribution in [2.75, 3.05) is 0 Å². The third kappa shape index (κ3) is 1.40. The van der Waals surface area contributed by atoms with Crippen LogP contribution < -0.4 is 0 Å². The largest absolute Gasteiger partial charge is 0.478 e. The summed E-state index contributed by atoms with van der Waals surface area (Å²) in [5.74, 6) is -0.904. The number of carbonyl (C=O) groups is 1. The van der Waals surface area contributed by atoms with Gasteiger partial charge in [0.25, 0.3) is 0 Å². The average molecular weight is 225 g/mol. The molecule has 0 bridgehead atoms. The number of carboxylic acids is 1. The monoisotopic (exact) mass is 225 g/mol. The van der Waals surface area contributed by atoms with Crippen molar-refractivity contribution in [1.29, 1.82) is 0 Å². The van der Waals surface area contributed by atoms with Crippen molar-refractivity contribution in [1.82, 2.24) is 4.98 Å². The van der Waals surface area contributed by atoms with Crippen LogP contribution in [0.5, 0.6) is 0 Å². The number of nitrogens with one attached hydrogen (secondary N) is 1. The Morgan fingerprint density at radius 3 is 2.76 bits per heavy atom. The summed E-state index contributed by atoms with van der Waals surface area (Å²) in [6.07, 6.45) is 0. The molecular formula is C14H11NO2. The van der Waals surface area contributed by atoms with Gasteiger partial charge in [0.1, 0.15) is 0 Å². The van der Waals surface area contributed by atoms with Gasteiger partial charge in [0.15, 0.2) is 0 Å². The highest BCUT2D eigenvalue weighted by molar-refractivity contribution is 6.13. The maximum absolute atomic E-state index is 11.1. The first-order chi connectivity index (χ1) is 8.16. The zero-order valence-electron chi connectivity index (χ0n) is 9.32. The molecule has 3 nitrogen and oxygen atoms in total. The third-order valence-corrected chi connectivity index (χ3v) is 3.02. The minimum Gasteiger partial charge on any atom is -0.478 e. The molecule has 0 fully saturated rings. The summed E-state index contributed by atoms with van der Waals surface area (Å²) in [7, 11) is 0. The van der Waals surface area contributed by atoms with E-state index in [1.807, 2.05) is 25.1 Å². The molecule has 0 radical (unpaired) electrons. The number of H-pyrrole nitrogens is 1. The average Bonchev–Trinajstić information content (AvgIpc) is 2.66. The number of fused-ring (bicyclic) bond motifs is 3. The SMILES string of the molecule is Cc1ccc2[nH]c3c(C(=O)O)cccc3c2c1. The summed E-state index contributed by atoms with van der Waals surface area (Å²) >= 11 is 0. The van der Waals surface area contributed by atoms with E-state index in [0.717, 1.165) is 16.3 Å². The molecule has 0 saturated carbocycles. The van der Waals surface area contributed by atoms with Crippen LogP contribution in [0, 0.1) is 6.92 Å². The van der Waals surface area contributed by atoms with Crippen molar-refractivity contribution in [3.05, 3.63) is 47.5 Å². The molecule has 3 rings (SSSR count). The van der Waals surface area contributed by atoms with E-state index in [1.54, 1.807) is 12.1 Å². The Hall–Kier alpha value is -2.29. The molecule has 1 aromatic heterocycles. The lowest BCUT2D eigenvalue weighted by Gasteiger charge is -1.96. The van der Waals surface area contributed by atoms with Gasteiger partial charge >= 0.3 is 5.97 Å². The van der Waals surface area contributed by atoms with E-state index in [0.29, 0.717) is 11.1 Å². The fraction of sp³-hybridized carbons (Fsp3) is 0.0714. The van der Waals surface area contributed by atoms with E-state index in [2.05, 4.69) is 11.1 Å². The molecule has 0 spiro atoms. The quantitative estimate of drug-likeness (QED) is 0.667. The summed E-state index contributed by atoms with van der Waals surface area (Å²) < 4.78 is 0. The van der Waals surface area contributed by atoms with Gasteiger partial charge in [0.05, 0.1) is 11.1 Å². The van der Waals surface area contributed by atoms with E-state index in [9.17, 15) is 4.79 Å². The summed E-state index contributed by atoms with van der Waals surface area (Å²) in [5.41, 5.74) is 3.15. The van der Waals surface area contributed by atoms with Crippen molar-refractivity contribution in [2.45, 2.75) is 6.92 Å². The van der Waals surface area contributed by atoms with Crippen molar-refractivity contribution in [3.8, 4) is 0 Å². The van der Waals surface area contributed by atoms with Crippen LogP contribution >= 0.6 is 0 Å². The smallest absolute Gasteiger partial charge is 0.337 e. The molecule has 0 aliphatic rings. The molecule has 2 N–H and O–H groups in total. The van der Waals surface area contributed by atoms with Gasteiger partial charge in [-0.05, 0) is 25.1 Å². The zero-order chi connectivity index (χ0) is 12.0. The molecule has 0 aliphatic heterocycles. The van der Waals surface area contributed by atoms with Crippen LogP contribution in [-0.4, -0.2) is 16.1 Å². The number of aromatic carboxylic acids is 1. The van der Waals surface area contributed by atoms with Crippen LogP contribution in [0.4, 0.5) is 0 Å². The van der Waals surface area contributed by atoms with Crippen molar-refractivity contribution in [3.63, 3.8) is 0 Å². The van der Waals surface area contributed by atoms with Gasteiger partial charge in [-0.3, -0.25) is 0 Å². The van der Waals surface area contributed by atoms with E-state index in [-0.39, 0.29) is 0 Å². The molecular weight excluding hydrogens is 214 g/mol. The molecule has 0 amide bonds. The fourth-order valence-electron chi connectivity index (χ4n) is 2.21. The predicted molar refractivity (Wildman–Crippen MR) is 67.5 cm³/mol. The molecule has 0 atom stereocenters. The van der Waals surface area contributed by atoms with E-state index in [1.165, 1.54) is 5.56 Å².